The van der Waals surface area contributed by atoms with Crippen LogP contribution in [0.5, 0.6) is 0 Å². The number of amides is 1. The molecule has 1 amide bonds. The van der Waals surface area contributed by atoms with Gasteiger partial charge in [0.05, 0.1) is 35.5 Å². The Bertz CT molecular complexity index is 1500. The van der Waals surface area contributed by atoms with Crippen molar-refractivity contribution in [3.63, 3.8) is 0 Å². The third-order valence-electron chi connectivity index (χ3n) is 6.38. The Hall–Kier alpha value is -4.70. The molecule has 2 aromatic carbocycles. The Morgan fingerprint density at radius 2 is 1.86 bits per heavy atom. The number of esters is 1. The summed E-state index contributed by atoms with van der Waals surface area (Å²) in [5.74, 6) is -0.220. The molecule has 0 atom stereocenters. The fourth-order valence-electron chi connectivity index (χ4n) is 4.70. The lowest BCUT2D eigenvalue weighted by atomic mass is 9.86. The van der Waals surface area contributed by atoms with E-state index in [4.69, 9.17) is 19.4 Å². The van der Waals surface area contributed by atoms with Crippen molar-refractivity contribution in [1.82, 2.24) is 4.98 Å². The first-order chi connectivity index (χ1) is 18.2. The van der Waals surface area contributed by atoms with Gasteiger partial charge in [0.15, 0.2) is 6.61 Å². The van der Waals surface area contributed by atoms with E-state index in [0.717, 1.165) is 35.4 Å². The Balaban J connectivity index is 1.46. The van der Waals surface area contributed by atoms with Gasteiger partial charge in [0.25, 0.3) is 5.91 Å². The fraction of sp³-hybridized carbons (Fsp3) is 0.200. The number of carbonyl (C=O) groups excluding carboxylic acids is 2. The standard InChI is InChI=1S/C30H25N3O4/c31-16-8-17-33(22-10-2-1-3-11-22)27(34)20-37-30(35)28-24-13-4-5-15-26(24)32-29-21(9-6-14-25(28)29)19-23-12-7-18-36-23/h1-5,7,10-13,15,18-19H,6,8-9,14,17,20H2/b21-19+. The highest BCUT2D eigenvalue weighted by Crippen LogP contribution is 2.36. The van der Waals surface area contributed by atoms with E-state index in [2.05, 4.69) is 6.07 Å². The summed E-state index contributed by atoms with van der Waals surface area (Å²) in [5, 5.41) is 9.73. The molecular formula is C30H25N3O4. The fourth-order valence-corrected chi connectivity index (χ4v) is 4.70. The van der Waals surface area contributed by atoms with Crippen LogP contribution in [-0.2, 0) is 16.0 Å². The molecule has 1 aliphatic carbocycles. The zero-order valence-electron chi connectivity index (χ0n) is 20.2. The van der Waals surface area contributed by atoms with Crippen LogP contribution >= 0.6 is 0 Å². The van der Waals surface area contributed by atoms with Crippen molar-refractivity contribution in [2.75, 3.05) is 18.1 Å². The number of allylic oxidation sites excluding steroid dienone is 1. The van der Waals surface area contributed by atoms with Crippen molar-refractivity contribution in [3.05, 3.63) is 95.6 Å². The molecular weight excluding hydrogens is 466 g/mol. The first-order valence-electron chi connectivity index (χ1n) is 12.2. The summed E-state index contributed by atoms with van der Waals surface area (Å²) in [7, 11) is 0. The van der Waals surface area contributed by atoms with Gasteiger partial charge in [-0.2, -0.15) is 5.26 Å². The zero-order chi connectivity index (χ0) is 25.6. The maximum absolute atomic E-state index is 13.5. The van der Waals surface area contributed by atoms with Gasteiger partial charge in [-0.05, 0) is 66.8 Å². The molecule has 0 radical (unpaired) electrons. The van der Waals surface area contributed by atoms with Crippen LogP contribution in [0.2, 0.25) is 0 Å². The number of hydrogen-bond donors (Lipinski definition) is 0. The monoisotopic (exact) mass is 491 g/mol. The summed E-state index contributed by atoms with van der Waals surface area (Å²) in [4.78, 5) is 33.0. The van der Waals surface area contributed by atoms with Crippen LogP contribution in [-0.4, -0.2) is 30.0 Å². The lowest BCUT2D eigenvalue weighted by molar-refractivity contribution is -0.121. The number of carbonyl (C=O) groups is 2. The molecule has 0 fully saturated rings. The molecule has 1 aliphatic rings. The van der Waals surface area contributed by atoms with Crippen molar-refractivity contribution in [1.29, 1.82) is 5.26 Å². The summed E-state index contributed by atoms with van der Waals surface area (Å²) in [6.07, 6.45) is 6.11. The molecule has 5 rings (SSSR count). The lowest BCUT2D eigenvalue weighted by Gasteiger charge is -2.23. The van der Waals surface area contributed by atoms with Crippen molar-refractivity contribution in [3.8, 4) is 6.07 Å². The maximum Gasteiger partial charge on any atom is 0.339 e. The van der Waals surface area contributed by atoms with Crippen molar-refractivity contribution < 1.29 is 18.7 Å². The quantitative estimate of drug-likeness (QED) is 0.303. The van der Waals surface area contributed by atoms with E-state index in [1.807, 2.05) is 60.7 Å². The number of nitriles is 1. The van der Waals surface area contributed by atoms with Gasteiger partial charge in [0.1, 0.15) is 5.76 Å². The number of nitrogens with zero attached hydrogens (tertiary/aromatic N) is 3. The van der Waals surface area contributed by atoms with Crippen LogP contribution in [0.4, 0.5) is 5.69 Å². The summed E-state index contributed by atoms with van der Waals surface area (Å²) in [6.45, 7) is -0.217. The number of para-hydroxylation sites is 2. The minimum absolute atomic E-state index is 0.169. The molecule has 0 unspecified atom stereocenters. The largest absolute Gasteiger partial charge is 0.465 e. The first kappa shape index (κ1) is 24.0. The van der Waals surface area contributed by atoms with E-state index in [-0.39, 0.29) is 18.9 Å². The molecule has 0 saturated carbocycles. The second kappa shape index (κ2) is 10.9. The second-order valence-corrected chi connectivity index (χ2v) is 8.73. The highest BCUT2D eigenvalue weighted by Gasteiger charge is 2.27. The average molecular weight is 492 g/mol. The summed E-state index contributed by atoms with van der Waals surface area (Å²) >= 11 is 0. The van der Waals surface area contributed by atoms with Gasteiger partial charge in [-0.1, -0.05) is 36.4 Å². The second-order valence-electron chi connectivity index (χ2n) is 8.73. The molecule has 0 aliphatic heterocycles. The van der Waals surface area contributed by atoms with E-state index >= 15 is 0 Å². The molecule has 7 heteroatoms. The molecule has 2 aromatic heterocycles. The third-order valence-corrected chi connectivity index (χ3v) is 6.38. The van der Waals surface area contributed by atoms with Crippen LogP contribution in [0, 0.1) is 11.3 Å². The summed E-state index contributed by atoms with van der Waals surface area (Å²) in [6, 6.07) is 22.3. The van der Waals surface area contributed by atoms with Gasteiger partial charge in [0, 0.05) is 17.6 Å². The molecule has 184 valence electrons. The van der Waals surface area contributed by atoms with Crippen molar-refractivity contribution >= 4 is 40.1 Å². The summed E-state index contributed by atoms with van der Waals surface area (Å²) in [5.41, 5.74) is 4.37. The Kier molecular flexibility index (Phi) is 7.09. The highest BCUT2D eigenvalue weighted by molar-refractivity contribution is 6.07. The number of rotatable bonds is 7. The highest BCUT2D eigenvalue weighted by atomic mass is 16.5. The number of ether oxygens (including phenoxy) is 1. The molecule has 2 heterocycles. The first-order valence-corrected chi connectivity index (χ1v) is 12.2. The van der Waals surface area contributed by atoms with E-state index < -0.39 is 12.6 Å². The predicted octanol–water partition coefficient (Wildman–Crippen LogP) is 5.81. The molecule has 4 aromatic rings. The SMILES string of the molecule is N#CCCN(C(=O)COC(=O)c1c2c(nc3ccccc13)/C(=C/c1ccco1)CCC2)c1ccccc1. The van der Waals surface area contributed by atoms with Gasteiger partial charge >= 0.3 is 5.97 Å². The molecule has 37 heavy (non-hydrogen) atoms. The number of anilines is 1. The number of benzene rings is 2. The number of hydrogen-bond acceptors (Lipinski definition) is 6. The number of aromatic nitrogens is 1. The Morgan fingerprint density at radius 3 is 2.65 bits per heavy atom. The third kappa shape index (κ3) is 5.14. The van der Waals surface area contributed by atoms with Gasteiger partial charge < -0.3 is 14.1 Å². The molecule has 0 spiro atoms. The van der Waals surface area contributed by atoms with Crippen LogP contribution in [0.25, 0.3) is 22.6 Å². The zero-order valence-corrected chi connectivity index (χ0v) is 20.2. The van der Waals surface area contributed by atoms with Gasteiger partial charge in [-0.25, -0.2) is 9.78 Å². The average Bonchev–Trinajstić information content (AvgIpc) is 3.45. The van der Waals surface area contributed by atoms with E-state index in [0.29, 0.717) is 28.6 Å². The van der Waals surface area contributed by atoms with Crippen molar-refractivity contribution in [2.45, 2.75) is 25.7 Å². The minimum Gasteiger partial charge on any atom is -0.465 e. The van der Waals surface area contributed by atoms with Crippen LogP contribution in [0.3, 0.4) is 0 Å². The maximum atomic E-state index is 13.5. The van der Waals surface area contributed by atoms with Crippen molar-refractivity contribution in [2.24, 2.45) is 0 Å². The van der Waals surface area contributed by atoms with Crippen LogP contribution < -0.4 is 4.90 Å². The van der Waals surface area contributed by atoms with Crippen LogP contribution in [0.15, 0.2) is 77.4 Å². The predicted molar refractivity (Wildman–Crippen MR) is 141 cm³/mol. The number of furan rings is 1. The topological polar surface area (TPSA) is 96.4 Å². The Morgan fingerprint density at radius 1 is 1.05 bits per heavy atom. The van der Waals surface area contributed by atoms with Gasteiger partial charge in [0.2, 0.25) is 0 Å². The van der Waals surface area contributed by atoms with E-state index in [1.165, 1.54) is 4.90 Å². The smallest absolute Gasteiger partial charge is 0.339 e. The molecule has 0 N–H and O–H groups in total. The van der Waals surface area contributed by atoms with Crippen LogP contribution in [0.1, 0.15) is 46.6 Å². The number of pyridine rings is 1. The summed E-state index contributed by atoms with van der Waals surface area (Å²) < 4.78 is 11.1. The number of fused-ring (bicyclic) bond motifs is 2. The van der Waals surface area contributed by atoms with Gasteiger partial charge in [-0.15, -0.1) is 0 Å². The molecule has 7 nitrogen and oxygen atoms in total. The molecule has 0 saturated heterocycles. The minimum atomic E-state index is -0.559. The molecule has 0 bridgehead atoms. The van der Waals surface area contributed by atoms with E-state index in [9.17, 15) is 9.59 Å². The van der Waals surface area contributed by atoms with Gasteiger partial charge in [-0.3, -0.25) is 4.79 Å². The Labute approximate surface area is 214 Å². The van der Waals surface area contributed by atoms with E-state index in [1.54, 1.807) is 18.4 Å². The normalized spacial score (nSPS) is 13.6. The lowest BCUT2D eigenvalue weighted by Crippen LogP contribution is -2.35.